The van der Waals surface area contributed by atoms with Crippen molar-refractivity contribution in [3.63, 3.8) is 0 Å². The number of aliphatic hydroxyl groups is 2. The SMILES string of the molecule is CC(=O)Nc1sc2c(c1C(=O)N(CCO)CCO)CC[C@H](C)C2. The van der Waals surface area contributed by atoms with Crippen LogP contribution in [0.25, 0.3) is 0 Å². The topological polar surface area (TPSA) is 89.9 Å². The second-order valence-electron chi connectivity index (χ2n) is 5.98. The van der Waals surface area contributed by atoms with Crippen molar-refractivity contribution in [2.75, 3.05) is 31.6 Å². The molecule has 1 aromatic heterocycles. The van der Waals surface area contributed by atoms with Gasteiger partial charge in [0, 0.05) is 24.9 Å². The van der Waals surface area contributed by atoms with Gasteiger partial charge in [-0.1, -0.05) is 6.92 Å². The Bertz CT molecular complexity index is 579. The Labute approximate surface area is 140 Å². The summed E-state index contributed by atoms with van der Waals surface area (Å²) in [6.45, 7) is 3.62. The second kappa shape index (κ2) is 7.90. The van der Waals surface area contributed by atoms with Crippen LogP contribution in [0.4, 0.5) is 5.00 Å². The summed E-state index contributed by atoms with van der Waals surface area (Å²) in [5.74, 6) is 0.130. The molecule has 0 radical (unpaired) electrons. The van der Waals surface area contributed by atoms with Gasteiger partial charge in [-0.15, -0.1) is 11.3 Å². The van der Waals surface area contributed by atoms with Gasteiger partial charge in [-0.05, 0) is 30.7 Å². The first-order valence-electron chi connectivity index (χ1n) is 7.91. The van der Waals surface area contributed by atoms with Gasteiger partial charge in [-0.2, -0.15) is 0 Å². The molecule has 1 atom stereocenters. The fraction of sp³-hybridized carbons (Fsp3) is 0.625. The minimum absolute atomic E-state index is 0.162. The standard InChI is InChI=1S/C16H24N2O4S/c1-10-3-4-12-13(9-10)23-15(17-11(2)21)14(12)16(22)18(5-7-19)6-8-20/h10,19-20H,3-9H2,1-2H3,(H,17,21)/t10-/m0/s1. The molecule has 6 nitrogen and oxygen atoms in total. The smallest absolute Gasteiger partial charge is 0.257 e. The van der Waals surface area contributed by atoms with Crippen molar-refractivity contribution >= 4 is 28.2 Å². The van der Waals surface area contributed by atoms with Gasteiger partial charge in [0.2, 0.25) is 5.91 Å². The van der Waals surface area contributed by atoms with Crippen molar-refractivity contribution in [3.8, 4) is 0 Å². The normalized spacial score (nSPS) is 16.8. The van der Waals surface area contributed by atoms with E-state index in [2.05, 4.69) is 12.2 Å². The maximum absolute atomic E-state index is 12.9. The maximum atomic E-state index is 12.9. The lowest BCUT2D eigenvalue weighted by Crippen LogP contribution is -2.36. The number of thiophene rings is 1. The maximum Gasteiger partial charge on any atom is 0.257 e. The number of hydrogen-bond donors (Lipinski definition) is 3. The molecule has 1 aliphatic carbocycles. The highest BCUT2D eigenvalue weighted by Crippen LogP contribution is 2.40. The Morgan fingerprint density at radius 2 is 1.96 bits per heavy atom. The number of amides is 2. The van der Waals surface area contributed by atoms with Crippen LogP contribution in [0.5, 0.6) is 0 Å². The van der Waals surface area contributed by atoms with Crippen LogP contribution in [0.2, 0.25) is 0 Å². The molecule has 0 bridgehead atoms. The van der Waals surface area contributed by atoms with Crippen LogP contribution in [0.15, 0.2) is 0 Å². The molecule has 0 aliphatic heterocycles. The van der Waals surface area contributed by atoms with Gasteiger partial charge < -0.3 is 20.4 Å². The van der Waals surface area contributed by atoms with E-state index in [0.717, 1.165) is 29.7 Å². The number of aliphatic hydroxyl groups excluding tert-OH is 2. The van der Waals surface area contributed by atoms with E-state index in [-0.39, 0.29) is 38.1 Å². The molecule has 1 aromatic rings. The molecule has 0 saturated carbocycles. The van der Waals surface area contributed by atoms with Gasteiger partial charge >= 0.3 is 0 Å². The summed E-state index contributed by atoms with van der Waals surface area (Å²) in [4.78, 5) is 27.0. The first-order chi connectivity index (χ1) is 11.0. The van der Waals surface area contributed by atoms with Crippen molar-refractivity contribution < 1.29 is 19.8 Å². The number of carbonyl (C=O) groups is 2. The summed E-state index contributed by atoms with van der Waals surface area (Å²) >= 11 is 1.47. The third-order valence-electron chi connectivity index (χ3n) is 4.04. The Balaban J connectivity index is 2.41. The molecular weight excluding hydrogens is 316 g/mol. The van der Waals surface area contributed by atoms with Gasteiger partial charge in [0.25, 0.3) is 5.91 Å². The molecule has 1 aliphatic rings. The van der Waals surface area contributed by atoms with Crippen molar-refractivity contribution in [1.82, 2.24) is 4.90 Å². The van der Waals surface area contributed by atoms with E-state index in [9.17, 15) is 9.59 Å². The van der Waals surface area contributed by atoms with Gasteiger partial charge in [-0.3, -0.25) is 9.59 Å². The van der Waals surface area contributed by atoms with Gasteiger partial charge in [0.15, 0.2) is 0 Å². The first kappa shape index (κ1) is 17.9. The minimum atomic E-state index is -0.232. The number of nitrogens with zero attached hydrogens (tertiary/aromatic N) is 1. The van der Waals surface area contributed by atoms with Crippen LogP contribution in [-0.4, -0.2) is 53.2 Å². The largest absolute Gasteiger partial charge is 0.395 e. The van der Waals surface area contributed by atoms with E-state index in [4.69, 9.17) is 10.2 Å². The molecule has 23 heavy (non-hydrogen) atoms. The summed E-state index contributed by atoms with van der Waals surface area (Å²) in [5.41, 5.74) is 1.55. The zero-order valence-corrected chi connectivity index (χ0v) is 14.4. The molecule has 0 aromatic carbocycles. The van der Waals surface area contributed by atoms with Crippen LogP contribution < -0.4 is 5.32 Å². The molecule has 2 amide bonds. The van der Waals surface area contributed by atoms with Crippen molar-refractivity contribution in [1.29, 1.82) is 0 Å². The van der Waals surface area contributed by atoms with E-state index in [0.29, 0.717) is 16.5 Å². The van der Waals surface area contributed by atoms with Crippen LogP contribution in [-0.2, 0) is 17.6 Å². The van der Waals surface area contributed by atoms with Crippen LogP contribution >= 0.6 is 11.3 Å². The van der Waals surface area contributed by atoms with E-state index >= 15 is 0 Å². The zero-order chi connectivity index (χ0) is 17.0. The molecule has 0 unspecified atom stereocenters. The third-order valence-corrected chi connectivity index (χ3v) is 5.21. The first-order valence-corrected chi connectivity index (χ1v) is 8.72. The lowest BCUT2D eigenvalue weighted by Gasteiger charge is -2.23. The molecule has 3 N–H and O–H groups in total. The van der Waals surface area contributed by atoms with Crippen LogP contribution in [0.3, 0.4) is 0 Å². The minimum Gasteiger partial charge on any atom is -0.395 e. The quantitative estimate of drug-likeness (QED) is 0.727. The van der Waals surface area contributed by atoms with Gasteiger partial charge in [0.1, 0.15) is 5.00 Å². The lowest BCUT2D eigenvalue weighted by atomic mass is 9.88. The Morgan fingerprint density at radius 1 is 1.30 bits per heavy atom. The highest BCUT2D eigenvalue weighted by Gasteiger charge is 2.30. The van der Waals surface area contributed by atoms with Gasteiger partial charge in [0.05, 0.1) is 18.8 Å². The van der Waals surface area contributed by atoms with E-state index in [1.165, 1.54) is 23.2 Å². The summed E-state index contributed by atoms with van der Waals surface area (Å²) < 4.78 is 0. The predicted molar refractivity (Wildman–Crippen MR) is 89.9 cm³/mol. The molecular formula is C16H24N2O4S. The highest BCUT2D eigenvalue weighted by atomic mass is 32.1. The number of carbonyl (C=O) groups excluding carboxylic acids is 2. The molecule has 0 saturated heterocycles. The zero-order valence-electron chi connectivity index (χ0n) is 13.6. The van der Waals surface area contributed by atoms with E-state index in [1.54, 1.807) is 0 Å². The summed E-state index contributed by atoms with van der Waals surface area (Å²) in [6.07, 6.45) is 2.75. The fourth-order valence-electron chi connectivity index (χ4n) is 2.94. The molecule has 2 rings (SSSR count). The number of rotatable bonds is 6. The summed E-state index contributed by atoms with van der Waals surface area (Å²) in [5, 5.41) is 21.7. The number of hydrogen-bond acceptors (Lipinski definition) is 5. The van der Waals surface area contributed by atoms with Gasteiger partial charge in [-0.25, -0.2) is 0 Å². The average Bonchev–Trinajstić information content (AvgIpc) is 2.82. The Hall–Kier alpha value is -1.44. The second-order valence-corrected chi connectivity index (χ2v) is 7.08. The monoisotopic (exact) mass is 340 g/mol. The molecule has 1 heterocycles. The number of anilines is 1. The van der Waals surface area contributed by atoms with Crippen LogP contribution in [0, 0.1) is 5.92 Å². The van der Waals surface area contributed by atoms with E-state index in [1.807, 2.05) is 0 Å². The highest BCUT2D eigenvalue weighted by molar-refractivity contribution is 7.17. The van der Waals surface area contributed by atoms with Crippen LogP contribution in [0.1, 0.15) is 41.1 Å². The lowest BCUT2D eigenvalue weighted by molar-refractivity contribution is -0.114. The fourth-order valence-corrected chi connectivity index (χ4v) is 4.39. The van der Waals surface area contributed by atoms with E-state index < -0.39 is 0 Å². The number of nitrogens with one attached hydrogen (secondary N) is 1. The average molecular weight is 340 g/mol. The molecule has 0 fully saturated rings. The Kier molecular flexibility index (Phi) is 6.15. The third kappa shape index (κ3) is 4.10. The van der Waals surface area contributed by atoms with Crippen molar-refractivity contribution in [3.05, 3.63) is 16.0 Å². The molecule has 7 heteroatoms. The number of fused-ring (bicyclic) bond motifs is 1. The Morgan fingerprint density at radius 3 is 2.52 bits per heavy atom. The van der Waals surface area contributed by atoms with Crippen molar-refractivity contribution in [2.24, 2.45) is 5.92 Å². The summed E-state index contributed by atoms with van der Waals surface area (Å²) in [6, 6.07) is 0. The predicted octanol–water partition coefficient (Wildman–Crippen LogP) is 1.26. The molecule has 0 spiro atoms. The summed E-state index contributed by atoms with van der Waals surface area (Å²) in [7, 11) is 0. The molecule has 128 valence electrons. The van der Waals surface area contributed by atoms with Crippen molar-refractivity contribution in [2.45, 2.75) is 33.1 Å².